The standard InChI is InChI=1S/C24H31N9O7S/c1-10-7-32(23(36)31-20(10)35)14-4-11(34)12(37-14)5-26-22(41)27-6-13-16-17(40-24(2,3)39-16)21(38-13)33-9-30-15-18(25)28-8-29-19(15)33/h7-9,11-14,16-17,21,34H,4-6H2,1-3H3,(H2,25,28,29)(H2,26,27,41)(H,31,35,36)/t11-,12-,13-,14+,16-,17-,21-/m1/s1. The van der Waals surface area contributed by atoms with Gasteiger partial charge in [-0.15, -0.1) is 0 Å². The van der Waals surface area contributed by atoms with E-state index in [1.54, 1.807) is 17.8 Å². The second-order valence-corrected chi connectivity index (χ2v) is 11.1. The van der Waals surface area contributed by atoms with E-state index in [0.29, 0.717) is 28.4 Å². The van der Waals surface area contributed by atoms with Gasteiger partial charge in [0.25, 0.3) is 5.56 Å². The number of aryl methyl sites for hydroxylation is 1. The number of aliphatic hydroxyl groups excluding tert-OH is 1. The van der Waals surface area contributed by atoms with E-state index in [4.69, 9.17) is 36.9 Å². The summed E-state index contributed by atoms with van der Waals surface area (Å²) in [7, 11) is 0. The van der Waals surface area contributed by atoms with Crippen LogP contribution in [-0.4, -0.2) is 88.7 Å². The number of nitrogens with one attached hydrogen (secondary N) is 3. The van der Waals surface area contributed by atoms with Gasteiger partial charge in [-0.05, 0) is 33.0 Å². The fourth-order valence-electron chi connectivity index (χ4n) is 5.42. The molecule has 220 valence electrons. The molecule has 17 heteroatoms. The number of hydrogen-bond acceptors (Lipinski definition) is 12. The topological polar surface area (TPSA) is 206 Å². The number of H-pyrrole nitrogens is 1. The average molecular weight is 590 g/mol. The highest BCUT2D eigenvalue weighted by molar-refractivity contribution is 7.80. The van der Waals surface area contributed by atoms with Crippen molar-refractivity contribution >= 4 is 34.3 Å². The van der Waals surface area contributed by atoms with E-state index in [-0.39, 0.29) is 18.8 Å². The highest BCUT2D eigenvalue weighted by Gasteiger charge is 2.56. The van der Waals surface area contributed by atoms with Crippen molar-refractivity contribution in [3.8, 4) is 0 Å². The Morgan fingerprint density at radius 2 is 1.88 bits per heavy atom. The van der Waals surface area contributed by atoms with E-state index in [1.807, 2.05) is 13.8 Å². The zero-order valence-corrected chi connectivity index (χ0v) is 23.3. The number of nitrogens with zero attached hydrogens (tertiary/aromatic N) is 5. The SMILES string of the molecule is Cc1cn([C@@H]2C[C@@H](O)[C@@H](CNC(=S)NC[C@H]3O[C@@H](n4cnc5c(N)ncnc54)[C@@H]4OC(C)(C)O[C@@H]43)O2)c(=O)[nH]c1=O. The van der Waals surface area contributed by atoms with Crippen molar-refractivity contribution in [1.82, 2.24) is 39.7 Å². The Balaban J connectivity index is 1.07. The third-order valence-corrected chi connectivity index (χ3v) is 7.66. The Kier molecular flexibility index (Phi) is 7.03. The van der Waals surface area contributed by atoms with E-state index >= 15 is 0 Å². The molecule has 3 aromatic rings. The molecular weight excluding hydrogens is 558 g/mol. The van der Waals surface area contributed by atoms with E-state index in [1.165, 1.54) is 17.1 Å². The minimum absolute atomic E-state index is 0.185. The highest BCUT2D eigenvalue weighted by Crippen LogP contribution is 2.43. The third-order valence-electron chi connectivity index (χ3n) is 7.37. The number of rotatable bonds is 6. The van der Waals surface area contributed by atoms with Crippen molar-refractivity contribution in [2.24, 2.45) is 0 Å². The molecule has 3 fully saturated rings. The first-order valence-corrected chi connectivity index (χ1v) is 13.5. The maximum atomic E-state index is 12.2. The molecule has 0 amide bonds. The predicted octanol–water partition coefficient (Wildman–Crippen LogP) is -1.20. The largest absolute Gasteiger partial charge is 0.390 e. The number of hydrogen-bond donors (Lipinski definition) is 5. The number of ether oxygens (including phenoxy) is 4. The Labute approximate surface area is 238 Å². The zero-order chi connectivity index (χ0) is 29.1. The number of aromatic amines is 1. The summed E-state index contributed by atoms with van der Waals surface area (Å²) in [6.07, 6.45) is 0.528. The number of imidazole rings is 1. The molecule has 3 aliphatic rings. The lowest BCUT2D eigenvalue weighted by molar-refractivity contribution is -0.195. The Bertz CT molecular complexity index is 1590. The number of nitrogen functional groups attached to an aromatic ring is 1. The van der Waals surface area contributed by atoms with Crippen LogP contribution in [0.5, 0.6) is 0 Å². The van der Waals surface area contributed by atoms with Gasteiger partial charge in [-0.3, -0.25) is 18.9 Å². The lowest BCUT2D eigenvalue weighted by Gasteiger charge is -2.25. The Hall–Kier alpha value is -3.48. The summed E-state index contributed by atoms with van der Waals surface area (Å²) >= 11 is 5.46. The van der Waals surface area contributed by atoms with Crippen LogP contribution in [0.4, 0.5) is 5.82 Å². The van der Waals surface area contributed by atoms with E-state index in [2.05, 4.69) is 30.6 Å². The monoisotopic (exact) mass is 589 g/mol. The normalized spacial score (nSPS) is 30.5. The smallest absolute Gasteiger partial charge is 0.330 e. The molecule has 0 bridgehead atoms. The van der Waals surface area contributed by atoms with Crippen LogP contribution in [0.2, 0.25) is 0 Å². The molecule has 41 heavy (non-hydrogen) atoms. The van der Waals surface area contributed by atoms with E-state index in [9.17, 15) is 14.7 Å². The summed E-state index contributed by atoms with van der Waals surface area (Å²) < 4.78 is 27.6. The highest BCUT2D eigenvalue weighted by atomic mass is 32.1. The van der Waals surface area contributed by atoms with Gasteiger partial charge in [0.15, 0.2) is 28.6 Å². The number of thiocarbonyl (C=S) groups is 1. The van der Waals surface area contributed by atoms with Crippen molar-refractivity contribution < 1.29 is 24.1 Å². The first-order valence-electron chi connectivity index (χ1n) is 13.1. The van der Waals surface area contributed by atoms with Crippen molar-refractivity contribution in [3.05, 3.63) is 45.3 Å². The fraction of sp³-hybridized carbons (Fsp3) is 0.583. The summed E-state index contributed by atoms with van der Waals surface area (Å²) in [6.45, 7) is 5.76. The summed E-state index contributed by atoms with van der Waals surface area (Å²) in [4.78, 5) is 38.8. The van der Waals surface area contributed by atoms with Crippen molar-refractivity contribution in [3.63, 3.8) is 0 Å². The van der Waals surface area contributed by atoms with Gasteiger partial charge in [0.2, 0.25) is 0 Å². The molecule has 3 aliphatic heterocycles. The average Bonchev–Trinajstić information content (AvgIpc) is 3.66. The molecular formula is C24H31N9O7S. The van der Waals surface area contributed by atoms with Gasteiger partial charge >= 0.3 is 5.69 Å². The second-order valence-electron chi connectivity index (χ2n) is 10.7. The summed E-state index contributed by atoms with van der Waals surface area (Å²) in [5, 5.41) is 17.0. The zero-order valence-electron chi connectivity index (χ0n) is 22.5. The molecule has 0 spiro atoms. The predicted molar refractivity (Wildman–Crippen MR) is 147 cm³/mol. The molecule has 0 radical (unpaired) electrons. The van der Waals surface area contributed by atoms with E-state index in [0.717, 1.165) is 0 Å². The maximum absolute atomic E-state index is 12.2. The van der Waals surface area contributed by atoms with Gasteiger partial charge in [-0.2, -0.15) is 0 Å². The first kappa shape index (κ1) is 27.7. The van der Waals surface area contributed by atoms with Crippen LogP contribution in [0.15, 0.2) is 28.4 Å². The molecule has 0 unspecified atom stereocenters. The van der Waals surface area contributed by atoms with Gasteiger partial charge in [0, 0.05) is 31.3 Å². The number of aliphatic hydroxyl groups is 1. The third kappa shape index (κ3) is 5.20. The second kappa shape index (κ2) is 10.4. The van der Waals surface area contributed by atoms with Crippen LogP contribution in [0.3, 0.4) is 0 Å². The van der Waals surface area contributed by atoms with Gasteiger partial charge in [-0.1, -0.05) is 0 Å². The van der Waals surface area contributed by atoms with Gasteiger partial charge in [0.1, 0.15) is 42.5 Å². The van der Waals surface area contributed by atoms with Gasteiger partial charge in [0.05, 0.1) is 12.4 Å². The molecule has 7 atom stereocenters. The summed E-state index contributed by atoms with van der Waals surface area (Å²) in [5.41, 5.74) is 6.26. The fourth-order valence-corrected chi connectivity index (χ4v) is 5.59. The van der Waals surface area contributed by atoms with Gasteiger partial charge in [-0.25, -0.2) is 19.7 Å². The number of aromatic nitrogens is 6. The van der Waals surface area contributed by atoms with Crippen LogP contribution in [0, 0.1) is 6.92 Å². The minimum Gasteiger partial charge on any atom is -0.390 e. The molecule has 6 heterocycles. The molecule has 3 saturated heterocycles. The van der Waals surface area contributed by atoms with Crippen LogP contribution in [0.1, 0.15) is 38.3 Å². The van der Waals surface area contributed by atoms with E-state index < -0.39 is 60.0 Å². The summed E-state index contributed by atoms with van der Waals surface area (Å²) in [6, 6.07) is 0. The van der Waals surface area contributed by atoms with Crippen LogP contribution < -0.4 is 27.6 Å². The van der Waals surface area contributed by atoms with Crippen LogP contribution >= 0.6 is 12.2 Å². The number of nitrogens with two attached hydrogens (primary N) is 1. The van der Waals surface area contributed by atoms with Crippen LogP contribution in [-0.2, 0) is 18.9 Å². The molecule has 6 rings (SSSR count). The molecule has 0 aliphatic carbocycles. The lowest BCUT2D eigenvalue weighted by atomic mass is 10.1. The Morgan fingerprint density at radius 3 is 2.66 bits per heavy atom. The number of anilines is 1. The molecule has 6 N–H and O–H groups in total. The lowest BCUT2D eigenvalue weighted by Crippen LogP contribution is -2.46. The first-order chi connectivity index (χ1) is 19.5. The number of fused-ring (bicyclic) bond motifs is 2. The quantitative estimate of drug-likeness (QED) is 0.214. The van der Waals surface area contributed by atoms with Gasteiger partial charge < -0.3 is 40.4 Å². The minimum atomic E-state index is -0.844. The maximum Gasteiger partial charge on any atom is 0.330 e. The molecule has 0 aromatic carbocycles. The molecule has 3 aromatic heterocycles. The molecule has 16 nitrogen and oxygen atoms in total. The Morgan fingerprint density at radius 1 is 1.15 bits per heavy atom. The molecule has 0 saturated carbocycles. The van der Waals surface area contributed by atoms with Crippen molar-refractivity contribution in [2.75, 3.05) is 18.8 Å². The van der Waals surface area contributed by atoms with Crippen LogP contribution in [0.25, 0.3) is 11.2 Å². The van der Waals surface area contributed by atoms with Crippen molar-refractivity contribution in [2.45, 2.75) is 76.0 Å². The summed E-state index contributed by atoms with van der Waals surface area (Å²) in [5.74, 6) is -0.553. The van der Waals surface area contributed by atoms with Crippen molar-refractivity contribution in [1.29, 1.82) is 0 Å².